The molecular weight excluding hydrogens is 288 g/mol. The van der Waals surface area contributed by atoms with E-state index in [1.54, 1.807) is 32.1 Å². The summed E-state index contributed by atoms with van der Waals surface area (Å²) in [4.78, 5) is 0. The van der Waals surface area contributed by atoms with Crippen molar-refractivity contribution in [2.75, 3.05) is 0 Å². The van der Waals surface area contributed by atoms with Crippen molar-refractivity contribution in [1.29, 1.82) is 0 Å². The van der Waals surface area contributed by atoms with Crippen LogP contribution in [0.5, 0.6) is 0 Å². The Morgan fingerprint density at radius 1 is 1.17 bits per heavy atom. The van der Waals surface area contributed by atoms with E-state index in [0.29, 0.717) is 25.7 Å². The highest BCUT2D eigenvalue weighted by Crippen LogP contribution is 2.26. The highest BCUT2D eigenvalue weighted by Gasteiger charge is 2.22. The van der Waals surface area contributed by atoms with Crippen LogP contribution in [0.2, 0.25) is 0 Å². The topological polar surface area (TPSA) is 60.7 Å². The normalized spacial score (nSPS) is 37.4. The lowest BCUT2D eigenvalue weighted by Gasteiger charge is -2.25. The summed E-state index contributed by atoms with van der Waals surface area (Å²) >= 11 is 0. The molecular formula is C20H32O3. The maximum absolute atomic E-state index is 10.4. The SMILES string of the molecule is C=C1CCC(C(=C)C)C=CC(C)(O)CC=CC(C)(O)CCC1O. The first kappa shape index (κ1) is 19.9. The molecule has 130 valence electrons. The average molecular weight is 320 g/mol. The second-order valence-electron chi connectivity index (χ2n) is 7.38. The third-order valence-corrected chi connectivity index (χ3v) is 4.50. The van der Waals surface area contributed by atoms with Gasteiger partial charge in [0.15, 0.2) is 0 Å². The third kappa shape index (κ3) is 7.30. The zero-order chi connectivity index (χ0) is 17.7. The lowest BCUT2D eigenvalue weighted by molar-refractivity contribution is 0.0782. The summed E-state index contributed by atoms with van der Waals surface area (Å²) in [6.45, 7) is 13.4. The van der Waals surface area contributed by atoms with E-state index in [0.717, 1.165) is 17.6 Å². The van der Waals surface area contributed by atoms with Crippen LogP contribution >= 0.6 is 0 Å². The van der Waals surface area contributed by atoms with E-state index in [-0.39, 0.29) is 5.92 Å². The summed E-state index contributed by atoms with van der Waals surface area (Å²) in [5.41, 5.74) is -0.134. The number of allylic oxidation sites excluding steroid dienone is 2. The Hall–Kier alpha value is -1.16. The average Bonchev–Trinajstić information content (AvgIpc) is 2.42. The van der Waals surface area contributed by atoms with Gasteiger partial charge in [0.25, 0.3) is 0 Å². The van der Waals surface area contributed by atoms with Gasteiger partial charge in [-0.2, -0.15) is 0 Å². The van der Waals surface area contributed by atoms with Crippen molar-refractivity contribution >= 4 is 0 Å². The lowest BCUT2D eigenvalue weighted by atomic mass is 9.87. The van der Waals surface area contributed by atoms with E-state index in [1.807, 2.05) is 13.0 Å². The Morgan fingerprint density at radius 2 is 1.83 bits per heavy atom. The van der Waals surface area contributed by atoms with Gasteiger partial charge < -0.3 is 15.3 Å². The van der Waals surface area contributed by atoms with Crippen molar-refractivity contribution < 1.29 is 15.3 Å². The Morgan fingerprint density at radius 3 is 2.43 bits per heavy atom. The third-order valence-electron chi connectivity index (χ3n) is 4.50. The fourth-order valence-electron chi connectivity index (χ4n) is 2.67. The Labute approximate surface area is 140 Å². The molecule has 0 aromatic rings. The van der Waals surface area contributed by atoms with Gasteiger partial charge in [-0.15, -0.1) is 0 Å². The van der Waals surface area contributed by atoms with Gasteiger partial charge in [0, 0.05) is 0 Å². The number of hydrogen-bond donors (Lipinski definition) is 3. The zero-order valence-electron chi connectivity index (χ0n) is 14.8. The quantitative estimate of drug-likeness (QED) is 0.646. The van der Waals surface area contributed by atoms with Gasteiger partial charge in [-0.1, -0.05) is 43.0 Å². The molecule has 1 rings (SSSR count). The fourth-order valence-corrected chi connectivity index (χ4v) is 2.67. The summed E-state index contributed by atoms with van der Waals surface area (Å²) in [6.07, 6.45) is 9.54. The highest BCUT2D eigenvalue weighted by molar-refractivity contribution is 5.15. The molecule has 0 amide bonds. The summed E-state index contributed by atoms with van der Waals surface area (Å²) in [6, 6.07) is 0. The van der Waals surface area contributed by atoms with Gasteiger partial charge in [-0.25, -0.2) is 0 Å². The minimum atomic E-state index is -0.995. The van der Waals surface area contributed by atoms with Crippen LogP contribution in [0.3, 0.4) is 0 Å². The molecule has 0 heterocycles. The zero-order valence-corrected chi connectivity index (χ0v) is 14.8. The predicted molar refractivity (Wildman–Crippen MR) is 96.1 cm³/mol. The molecule has 0 saturated carbocycles. The van der Waals surface area contributed by atoms with Crippen LogP contribution in [0.15, 0.2) is 48.6 Å². The van der Waals surface area contributed by atoms with Crippen LogP contribution in [-0.4, -0.2) is 32.6 Å². The van der Waals surface area contributed by atoms with Gasteiger partial charge >= 0.3 is 0 Å². The van der Waals surface area contributed by atoms with E-state index in [4.69, 9.17) is 0 Å². The van der Waals surface area contributed by atoms with Gasteiger partial charge in [0.1, 0.15) is 0 Å². The van der Waals surface area contributed by atoms with Crippen LogP contribution in [0.1, 0.15) is 52.9 Å². The molecule has 3 N–H and O–H groups in total. The van der Waals surface area contributed by atoms with E-state index in [2.05, 4.69) is 13.2 Å². The van der Waals surface area contributed by atoms with Crippen molar-refractivity contribution in [1.82, 2.24) is 0 Å². The maximum atomic E-state index is 10.4. The summed E-state index contributed by atoms with van der Waals surface area (Å²) < 4.78 is 0. The van der Waals surface area contributed by atoms with Crippen LogP contribution in [0, 0.1) is 5.92 Å². The van der Waals surface area contributed by atoms with Gasteiger partial charge in [-0.3, -0.25) is 0 Å². The Kier molecular flexibility index (Phi) is 7.00. The molecule has 3 heteroatoms. The van der Waals surface area contributed by atoms with Crippen molar-refractivity contribution in [3.63, 3.8) is 0 Å². The lowest BCUT2D eigenvalue weighted by Crippen LogP contribution is -2.25. The molecule has 0 fully saturated rings. The Balaban J connectivity index is 3.00. The molecule has 0 aliphatic heterocycles. The first-order valence-corrected chi connectivity index (χ1v) is 8.35. The van der Waals surface area contributed by atoms with Crippen molar-refractivity contribution in [2.45, 2.75) is 70.2 Å². The van der Waals surface area contributed by atoms with Crippen LogP contribution in [-0.2, 0) is 0 Å². The molecule has 4 unspecified atom stereocenters. The molecule has 0 bridgehead atoms. The molecule has 0 spiro atoms. The number of hydrogen-bond acceptors (Lipinski definition) is 3. The molecule has 3 nitrogen and oxygen atoms in total. The van der Waals surface area contributed by atoms with Crippen molar-refractivity contribution in [2.24, 2.45) is 5.92 Å². The molecule has 0 aromatic carbocycles. The number of rotatable bonds is 1. The van der Waals surface area contributed by atoms with E-state index >= 15 is 0 Å². The largest absolute Gasteiger partial charge is 0.389 e. The maximum Gasteiger partial charge on any atom is 0.0834 e. The van der Waals surface area contributed by atoms with Gasteiger partial charge in [-0.05, 0) is 64.4 Å². The first-order chi connectivity index (χ1) is 10.5. The summed E-state index contributed by atoms with van der Waals surface area (Å²) in [7, 11) is 0. The van der Waals surface area contributed by atoms with Crippen LogP contribution in [0.25, 0.3) is 0 Å². The smallest absolute Gasteiger partial charge is 0.0834 e. The molecule has 1 aliphatic carbocycles. The number of aliphatic hydroxyl groups excluding tert-OH is 1. The van der Waals surface area contributed by atoms with Crippen molar-refractivity contribution in [3.8, 4) is 0 Å². The minimum absolute atomic E-state index is 0.153. The molecule has 23 heavy (non-hydrogen) atoms. The second-order valence-corrected chi connectivity index (χ2v) is 7.38. The standard InChI is InChI=1S/C20H32O3/c1-15(2)17-8-7-16(3)18(21)10-14-20(5,23)12-6-11-19(4,22)13-9-17/h6,9,12-13,17-18,21-23H,1,3,7-8,10-11,14H2,2,4-5H3. The predicted octanol–water partition coefficient (Wildman–Crippen LogP) is 3.67. The van der Waals surface area contributed by atoms with E-state index in [9.17, 15) is 15.3 Å². The second kappa shape index (κ2) is 8.09. The summed E-state index contributed by atoms with van der Waals surface area (Å²) in [5, 5.41) is 31.0. The fraction of sp³-hybridized carbons (Fsp3) is 0.600. The number of aliphatic hydroxyl groups is 3. The Bertz CT molecular complexity index is 483. The molecule has 1 aliphatic rings. The molecule has 0 saturated heterocycles. The van der Waals surface area contributed by atoms with E-state index in [1.165, 1.54) is 0 Å². The van der Waals surface area contributed by atoms with Crippen LogP contribution in [0.4, 0.5) is 0 Å². The minimum Gasteiger partial charge on any atom is -0.389 e. The molecule has 0 radical (unpaired) electrons. The molecule has 4 atom stereocenters. The van der Waals surface area contributed by atoms with Crippen molar-refractivity contribution in [3.05, 3.63) is 48.6 Å². The van der Waals surface area contributed by atoms with Gasteiger partial charge in [0.2, 0.25) is 0 Å². The molecule has 0 aromatic heterocycles. The van der Waals surface area contributed by atoms with Crippen LogP contribution < -0.4 is 0 Å². The summed E-state index contributed by atoms with van der Waals surface area (Å²) in [5.74, 6) is 0.153. The highest BCUT2D eigenvalue weighted by atomic mass is 16.3. The van der Waals surface area contributed by atoms with E-state index < -0.39 is 17.3 Å². The monoisotopic (exact) mass is 320 g/mol. The van der Waals surface area contributed by atoms with Gasteiger partial charge in [0.05, 0.1) is 17.3 Å². The first-order valence-electron chi connectivity index (χ1n) is 8.35.